The van der Waals surface area contributed by atoms with E-state index in [0.29, 0.717) is 6.10 Å². The maximum Gasteiger partial charge on any atom is 0.247 e. The Kier molecular flexibility index (Phi) is 42.3. The zero-order chi connectivity index (χ0) is 85.7. The Labute approximate surface area is 673 Å². The van der Waals surface area contributed by atoms with Gasteiger partial charge in [-0.3, -0.25) is 29.2 Å². The highest BCUT2D eigenvalue weighted by atomic mass is 32.1. The number of ether oxygens (including phenoxy) is 1. The van der Waals surface area contributed by atoms with Crippen molar-refractivity contribution in [3.05, 3.63) is 203 Å². The predicted molar refractivity (Wildman–Crippen MR) is 474 cm³/mol. The Morgan fingerprint density at radius 2 is 1.17 bits per heavy atom. The van der Waals surface area contributed by atoms with Crippen LogP contribution in [0.1, 0.15) is 321 Å². The molecule has 0 aliphatic heterocycles. The molecule has 8 aromatic rings. The van der Waals surface area contributed by atoms with Gasteiger partial charge in [-0.15, -0.1) is 22.7 Å². The number of pyridine rings is 2. The molecule has 17 heteroatoms. The highest BCUT2D eigenvalue weighted by Gasteiger charge is 2.25. The maximum absolute atomic E-state index is 10.7. The van der Waals surface area contributed by atoms with Crippen LogP contribution in [0, 0.1) is 50.9 Å². The van der Waals surface area contributed by atoms with Gasteiger partial charge in [-0.1, -0.05) is 271 Å². The molecule has 0 bridgehead atoms. The minimum absolute atomic E-state index is 0.0435. The van der Waals surface area contributed by atoms with E-state index in [0.717, 1.165) is 47.1 Å². The van der Waals surface area contributed by atoms with E-state index in [4.69, 9.17) is 4.74 Å². The molecule has 109 heavy (non-hydrogen) atoms. The summed E-state index contributed by atoms with van der Waals surface area (Å²) in [7, 11) is 6.03. The van der Waals surface area contributed by atoms with Crippen LogP contribution in [0.15, 0.2) is 125 Å². The third-order valence-corrected chi connectivity index (χ3v) is 19.1. The Hall–Kier alpha value is -6.95. The Morgan fingerprint density at radius 3 is 1.39 bits per heavy atom. The quantitative estimate of drug-likeness (QED) is 0.158. The van der Waals surface area contributed by atoms with Crippen LogP contribution in [0.2, 0.25) is 0 Å². The first-order valence-corrected chi connectivity index (χ1v) is 40.4. The van der Waals surface area contributed by atoms with Gasteiger partial charge in [-0.05, 0) is 122 Å². The number of imidazole rings is 1. The zero-order valence-electron chi connectivity index (χ0n) is 77.1. The summed E-state index contributed by atoms with van der Waals surface area (Å²) >= 11 is 3.44. The van der Waals surface area contributed by atoms with Gasteiger partial charge < -0.3 is 19.1 Å². The summed E-state index contributed by atoms with van der Waals surface area (Å²) in [5, 5.41) is 18.7. The second kappa shape index (κ2) is 44.3. The SMILES string of the molecule is C=C1C=C(C(C)(C)C)C=CC1.CC(C)(C)C=O.CC(C)(C)c1ccc(=O)[nH]c1.CC(C)(C)c1ccccn1.CC(C)(C)c1ccn[nH]1.CC(C)(C)c1cncs1.CCOC(C)C(C)(C)C.Cc1c(C(C)(C)C)cnn1C.Cc1nc(C(C)(C)C)cs1.Cc1ncc(C(C)(C)C)n1C.Cc1nn(C)c(C)c1C(C)(C)C. The van der Waals surface area contributed by atoms with E-state index in [-0.39, 0.29) is 65.1 Å². The number of aryl methyl sites for hydroxylation is 5. The minimum atomic E-state index is -0.139. The van der Waals surface area contributed by atoms with Crippen LogP contribution in [-0.4, -0.2) is 78.2 Å². The van der Waals surface area contributed by atoms with Gasteiger partial charge in [0.15, 0.2) is 0 Å². The molecule has 0 spiro atoms. The van der Waals surface area contributed by atoms with Crippen molar-refractivity contribution in [2.24, 2.45) is 37.4 Å². The molecular formula is C92H156N12O3S2. The molecule has 1 aliphatic carbocycles. The average molecular weight is 1540 g/mol. The lowest BCUT2D eigenvalue weighted by atomic mass is 9.83. The van der Waals surface area contributed by atoms with Crippen molar-refractivity contribution >= 4 is 29.0 Å². The van der Waals surface area contributed by atoms with Crippen LogP contribution < -0.4 is 5.56 Å². The van der Waals surface area contributed by atoms with E-state index in [1.54, 1.807) is 41.1 Å². The summed E-state index contributed by atoms with van der Waals surface area (Å²) in [4.78, 5) is 41.4. The summed E-state index contributed by atoms with van der Waals surface area (Å²) in [5.41, 5.74) is 18.9. The summed E-state index contributed by atoms with van der Waals surface area (Å²) in [6.45, 7) is 90.4. The molecule has 9 rings (SSSR count). The van der Waals surface area contributed by atoms with Gasteiger partial charge in [0, 0.05) is 136 Å². The van der Waals surface area contributed by atoms with Crippen LogP contribution in [0.25, 0.3) is 0 Å². The van der Waals surface area contributed by atoms with Gasteiger partial charge in [-0.2, -0.15) is 15.3 Å². The lowest BCUT2D eigenvalue weighted by molar-refractivity contribution is -0.113. The summed E-state index contributed by atoms with van der Waals surface area (Å²) in [5.74, 6) is 1.08. The van der Waals surface area contributed by atoms with E-state index >= 15 is 0 Å². The van der Waals surface area contributed by atoms with Gasteiger partial charge in [0.05, 0.1) is 34.2 Å². The summed E-state index contributed by atoms with van der Waals surface area (Å²) in [6.07, 6.45) is 20.1. The second-order valence-corrected chi connectivity index (χ2v) is 41.4. The molecule has 1 aliphatic rings. The van der Waals surface area contributed by atoms with Gasteiger partial charge in [0.1, 0.15) is 12.1 Å². The number of aldehydes is 1. The number of hydrogen-bond acceptors (Lipinski definition) is 12. The Morgan fingerprint density at radius 1 is 0.606 bits per heavy atom. The van der Waals surface area contributed by atoms with Crippen molar-refractivity contribution in [2.75, 3.05) is 6.61 Å². The number of aromatic nitrogens is 12. The van der Waals surface area contributed by atoms with Crippen LogP contribution in [0.5, 0.6) is 0 Å². The molecule has 1 atom stereocenters. The average Bonchev–Trinajstić information content (AvgIpc) is 1.67. The number of hydrogen-bond donors (Lipinski definition) is 2. The molecule has 0 radical (unpaired) electrons. The lowest BCUT2D eigenvalue weighted by Crippen LogP contribution is -2.25. The molecule has 614 valence electrons. The van der Waals surface area contributed by atoms with E-state index in [1.165, 1.54) is 55.6 Å². The lowest BCUT2D eigenvalue weighted by Gasteiger charge is -2.26. The monoisotopic (exact) mass is 1540 g/mol. The third kappa shape index (κ3) is 42.9. The minimum Gasteiger partial charge on any atom is -0.378 e. The molecule has 2 N–H and O–H groups in total. The van der Waals surface area contributed by atoms with Crippen LogP contribution in [0.4, 0.5) is 0 Å². The number of thiazole rings is 2. The molecule has 0 saturated heterocycles. The molecule has 15 nitrogen and oxygen atoms in total. The second-order valence-electron chi connectivity index (χ2n) is 39.5. The number of carbonyl (C=O) groups is 1. The number of aromatic amines is 2. The summed E-state index contributed by atoms with van der Waals surface area (Å²) in [6, 6.07) is 11.4. The Balaban J connectivity index is 0. The van der Waals surface area contributed by atoms with Gasteiger partial charge in [0.25, 0.3) is 0 Å². The van der Waals surface area contributed by atoms with E-state index in [1.807, 2.05) is 120 Å². The number of nitrogens with one attached hydrogen (secondary N) is 2. The first-order valence-electron chi connectivity index (χ1n) is 38.6. The molecule has 8 aromatic heterocycles. The fourth-order valence-corrected chi connectivity index (χ4v) is 11.1. The van der Waals surface area contributed by atoms with Crippen molar-refractivity contribution in [1.82, 2.24) is 59.2 Å². The molecule has 0 amide bonds. The van der Waals surface area contributed by atoms with Crippen molar-refractivity contribution in [1.29, 1.82) is 0 Å². The number of nitrogens with zero attached hydrogens (tertiary/aromatic N) is 10. The molecule has 0 fully saturated rings. The molecule has 8 heterocycles. The fraction of sp³-hybridized carbons (Fsp3) is 0.620. The molecule has 0 aromatic carbocycles. The predicted octanol–water partition coefficient (Wildman–Crippen LogP) is 24.5. The number of rotatable bonds is 2. The maximum atomic E-state index is 10.7. The van der Waals surface area contributed by atoms with Crippen molar-refractivity contribution in [3.63, 3.8) is 0 Å². The van der Waals surface area contributed by atoms with Crippen molar-refractivity contribution < 1.29 is 9.53 Å². The third-order valence-electron chi connectivity index (χ3n) is 17.1. The molecule has 1 unspecified atom stereocenters. The highest BCUT2D eigenvalue weighted by Crippen LogP contribution is 2.32. The first-order chi connectivity index (χ1) is 49.0. The number of H-pyrrole nitrogens is 2. The standard InChI is InChI=1S/C11H16.C10H18N2.2C9H16N2.C9H13NO.C9H13N.C8H13NS.C8H18O.C7H12N2.C7H11NS.C5H10O/c1-9-6-5-7-10(8-9)11(2,3)4;1-7-9(10(3,4)5)8(2)12(6)11-7;1-7-10-6-8(11(7)5)9(2,3)4;1-7-8(9(2,3)4)6-10-11(7)5;1-9(2,3)7-4-5-8(11)10-6-7;1-9(2,3)8-6-4-5-7-10-8;1-6-9-7(5-10-6)8(2,3)4;1-6-9-7(2)8(3,4)5;1-7(2,3)6-4-5-8-9-6;1-7(2,3)6-4-8-5-9-6;1-5(2,3)4-6/h5,7-8H,1,6H2,2-4H3;1-6H3;2*6H,1-5H3;4-6H,1-3H3,(H,10,11);4-7H,1-3H3;5H,1-4H3;7H,6H2,1-5H3;4-5H,1-3H3,(H,8,9);4-5H,1-3H3;4H,1-3H3. The van der Waals surface area contributed by atoms with E-state index in [9.17, 15) is 9.59 Å². The Bertz CT molecular complexity index is 3840. The summed E-state index contributed by atoms with van der Waals surface area (Å²) < 4.78 is 11.4. The van der Waals surface area contributed by atoms with Crippen LogP contribution in [0.3, 0.4) is 0 Å². The topological polar surface area (TPSA) is 180 Å². The normalized spacial score (nSPS) is 12.8. The first kappa shape index (κ1) is 104. The number of carbonyl (C=O) groups excluding carboxylic acids is 1. The largest absolute Gasteiger partial charge is 0.378 e. The smallest absolute Gasteiger partial charge is 0.247 e. The molecule has 0 saturated carbocycles. The number of allylic oxidation sites excluding steroid dienone is 5. The van der Waals surface area contributed by atoms with Crippen LogP contribution in [-0.2, 0) is 74.0 Å². The van der Waals surface area contributed by atoms with Gasteiger partial charge in [-0.25, -0.2) is 9.97 Å². The fourth-order valence-electron chi connectivity index (χ4n) is 9.57. The zero-order valence-corrected chi connectivity index (χ0v) is 78.7. The van der Waals surface area contributed by atoms with Gasteiger partial charge in [0.2, 0.25) is 5.56 Å². The highest BCUT2D eigenvalue weighted by molar-refractivity contribution is 7.10. The van der Waals surface area contributed by atoms with E-state index in [2.05, 4.69) is 329 Å². The van der Waals surface area contributed by atoms with Crippen molar-refractivity contribution in [3.8, 4) is 0 Å². The van der Waals surface area contributed by atoms with Crippen LogP contribution >= 0.6 is 22.7 Å². The molecular weight excluding hydrogens is 1390 g/mol. The van der Waals surface area contributed by atoms with Crippen molar-refractivity contribution in [2.45, 2.75) is 333 Å². The van der Waals surface area contributed by atoms with Gasteiger partial charge >= 0.3 is 0 Å². The van der Waals surface area contributed by atoms with E-state index < -0.39 is 0 Å².